The largest absolute Gasteiger partial charge is 0.367 e. The number of piperidine rings is 1. The molecule has 4 N–H and O–H groups in total. The van der Waals surface area contributed by atoms with Crippen LogP contribution < -0.4 is 16.6 Å². The minimum Gasteiger partial charge on any atom is -0.367 e. The van der Waals surface area contributed by atoms with Crippen LogP contribution in [0.5, 0.6) is 0 Å². The van der Waals surface area contributed by atoms with Gasteiger partial charge in [-0.2, -0.15) is 0 Å². The molecule has 2 fully saturated rings. The average Bonchev–Trinajstić information content (AvgIpc) is 2.96. The predicted octanol–water partition coefficient (Wildman–Crippen LogP) is 1.75. The van der Waals surface area contributed by atoms with Crippen LogP contribution >= 0.6 is 0 Å². The van der Waals surface area contributed by atoms with Gasteiger partial charge in [0.25, 0.3) is 0 Å². The van der Waals surface area contributed by atoms with Gasteiger partial charge < -0.3 is 15.6 Å². The highest BCUT2D eigenvalue weighted by atomic mass is 15.3. The Morgan fingerprint density at radius 1 is 1.29 bits per heavy atom. The molecular weight excluding hydrogens is 264 g/mol. The molecule has 3 heterocycles. The third-order valence-corrected chi connectivity index (χ3v) is 4.74. The van der Waals surface area contributed by atoms with Gasteiger partial charge in [-0.1, -0.05) is 13.3 Å². The zero-order valence-electron chi connectivity index (χ0n) is 12.8. The third kappa shape index (κ3) is 3.11. The van der Waals surface area contributed by atoms with E-state index < -0.39 is 0 Å². The summed E-state index contributed by atoms with van der Waals surface area (Å²) in [5, 5.41) is 3.65. The lowest BCUT2D eigenvalue weighted by atomic mass is 9.97. The summed E-state index contributed by atoms with van der Waals surface area (Å²) in [7, 11) is 0. The second-order valence-corrected chi connectivity index (χ2v) is 6.14. The van der Waals surface area contributed by atoms with Gasteiger partial charge in [0, 0.05) is 24.2 Å². The lowest BCUT2D eigenvalue weighted by Crippen LogP contribution is -2.43. The Morgan fingerprint density at radius 2 is 2.14 bits per heavy atom. The van der Waals surface area contributed by atoms with Gasteiger partial charge in [0.2, 0.25) is 0 Å². The molecule has 2 aliphatic heterocycles. The molecule has 0 aliphatic carbocycles. The number of nitrogens with zero attached hydrogens (tertiary/aromatic N) is 3. The van der Waals surface area contributed by atoms with Crippen molar-refractivity contribution in [1.82, 2.24) is 14.9 Å². The molecule has 116 valence electrons. The molecule has 1 aromatic heterocycles. The Morgan fingerprint density at radius 3 is 2.95 bits per heavy atom. The molecule has 0 aromatic carbocycles. The molecule has 2 aliphatic rings. The molecule has 0 amide bonds. The average molecular weight is 290 g/mol. The fourth-order valence-electron chi connectivity index (χ4n) is 3.70. The highest BCUT2D eigenvalue weighted by Crippen LogP contribution is 2.29. The monoisotopic (exact) mass is 290 g/mol. The van der Waals surface area contributed by atoms with E-state index in [9.17, 15) is 0 Å². The summed E-state index contributed by atoms with van der Waals surface area (Å²) < 4.78 is 0. The lowest BCUT2D eigenvalue weighted by Gasteiger charge is -2.35. The number of nitrogen functional groups attached to an aromatic ring is 1. The topological polar surface area (TPSA) is 79.1 Å². The van der Waals surface area contributed by atoms with Gasteiger partial charge in [-0.15, -0.1) is 0 Å². The maximum Gasteiger partial charge on any atom is 0.148 e. The van der Waals surface area contributed by atoms with Crippen LogP contribution in [0.25, 0.3) is 0 Å². The summed E-state index contributed by atoms with van der Waals surface area (Å²) in [4.78, 5) is 11.3. The van der Waals surface area contributed by atoms with E-state index in [1.165, 1.54) is 38.8 Å². The van der Waals surface area contributed by atoms with Crippen LogP contribution in [0.1, 0.15) is 44.6 Å². The maximum absolute atomic E-state index is 5.58. The van der Waals surface area contributed by atoms with Gasteiger partial charge in [0.05, 0.1) is 0 Å². The minimum atomic E-state index is 0.514. The van der Waals surface area contributed by atoms with E-state index in [-0.39, 0.29) is 0 Å². The molecule has 3 rings (SSSR count). The Hall–Kier alpha value is -1.40. The molecule has 0 saturated carbocycles. The van der Waals surface area contributed by atoms with E-state index in [2.05, 4.69) is 32.5 Å². The van der Waals surface area contributed by atoms with Gasteiger partial charge in [-0.25, -0.2) is 15.8 Å². The van der Waals surface area contributed by atoms with Crippen molar-refractivity contribution in [3.8, 4) is 0 Å². The summed E-state index contributed by atoms with van der Waals surface area (Å²) in [6.07, 6.45) is 8.69. The molecule has 0 radical (unpaired) electrons. The van der Waals surface area contributed by atoms with Crippen molar-refractivity contribution < 1.29 is 0 Å². The Balaban J connectivity index is 1.72. The van der Waals surface area contributed by atoms with E-state index in [0.717, 1.165) is 36.1 Å². The van der Waals surface area contributed by atoms with Gasteiger partial charge >= 0.3 is 0 Å². The molecule has 6 nitrogen and oxygen atoms in total. The van der Waals surface area contributed by atoms with Gasteiger partial charge in [-0.3, -0.25) is 0 Å². The SMILES string of the molecule is CCCc1c(NN)ncnc1NC1CCN2CCCC2C1. The zero-order valence-corrected chi connectivity index (χ0v) is 12.8. The van der Waals surface area contributed by atoms with Crippen LogP contribution in [-0.4, -0.2) is 40.0 Å². The molecule has 6 heteroatoms. The van der Waals surface area contributed by atoms with Gasteiger partial charge in [-0.05, 0) is 38.6 Å². The van der Waals surface area contributed by atoms with Crippen molar-refractivity contribution in [2.75, 3.05) is 23.8 Å². The maximum atomic E-state index is 5.58. The summed E-state index contributed by atoms with van der Waals surface area (Å²) in [5.74, 6) is 7.28. The first-order chi connectivity index (χ1) is 10.3. The highest BCUT2D eigenvalue weighted by Gasteiger charge is 2.32. The van der Waals surface area contributed by atoms with E-state index in [1.54, 1.807) is 6.33 Å². The van der Waals surface area contributed by atoms with Gasteiger partial charge in [0.1, 0.15) is 18.0 Å². The first-order valence-electron chi connectivity index (χ1n) is 8.13. The van der Waals surface area contributed by atoms with E-state index >= 15 is 0 Å². The second-order valence-electron chi connectivity index (χ2n) is 6.14. The summed E-state index contributed by atoms with van der Waals surface area (Å²) in [6, 6.07) is 1.28. The molecule has 1 aromatic rings. The van der Waals surface area contributed by atoms with Crippen molar-refractivity contribution in [3.63, 3.8) is 0 Å². The van der Waals surface area contributed by atoms with Gasteiger partial charge in [0.15, 0.2) is 0 Å². The van der Waals surface area contributed by atoms with Crippen LogP contribution in [-0.2, 0) is 6.42 Å². The lowest BCUT2D eigenvalue weighted by molar-refractivity contribution is 0.188. The fourth-order valence-corrected chi connectivity index (χ4v) is 3.70. The van der Waals surface area contributed by atoms with Crippen LogP contribution in [0, 0.1) is 0 Å². The van der Waals surface area contributed by atoms with Crippen LogP contribution in [0.4, 0.5) is 11.6 Å². The molecule has 2 unspecified atom stereocenters. The van der Waals surface area contributed by atoms with Crippen molar-refractivity contribution >= 4 is 11.6 Å². The number of hydrogen-bond donors (Lipinski definition) is 3. The third-order valence-electron chi connectivity index (χ3n) is 4.74. The molecule has 2 saturated heterocycles. The number of aromatic nitrogens is 2. The molecule has 0 spiro atoms. The number of rotatable bonds is 5. The normalized spacial score (nSPS) is 25.6. The predicted molar refractivity (Wildman–Crippen MR) is 85.1 cm³/mol. The quantitative estimate of drug-likeness (QED) is 0.566. The van der Waals surface area contributed by atoms with Crippen molar-refractivity contribution in [1.29, 1.82) is 0 Å². The number of nitrogens with one attached hydrogen (secondary N) is 2. The van der Waals surface area contributed by atoms with E-state index in [4.69, 9.17) is 5.84 Å². The highest BCUT2D eigenvalue weighted by molar-refractivity contribution is 5.57. The molecule has 2 atom stereocenters. The first kappa shape index (κ1) is 14.5. The molecule has 21 heavy (non-hydrogen) atoms. The number of fused-ring (bicyclic) bond motifs is 1. The van der Waals surface area contributed by atoms with E-state index in [1.807, 2.05) is 0 Å². The van der Waals surface area contributed by atoms with Crippen LogP contribution in [0.15, 0.2) is 6.33 Å². The smallest absolute Gasteiger partial charge is 0.148 e. The van der Waals surface area contributed by atoms with Crippen molar-refractivity contribution in [2.45, 2.75) is 57.5 Å². The van der Waals surface area contributed by atoms with Crippen molar-refractivity contribution in [2.24, 2.45) is 5.84 Å². The first-order valence-corrected chi connectivity index (χ1v) is 8.13. The Kier molecular flexibility index (Phi) is 4.55. The number of anilines is 2. The molecule has 0 bridgehead atoms. The summed E-state index contributed by atoms with van der Waals surface area (Å²) in [6.45, 7) is 4.65. The Labute approximate surface area is 126 Å². The van der Waals surface area contributed by atoms with Crippen LogP contribution in [0.3, 0.4) is 0 Å². The number of hydrazine groups is 1. The second kappa shape index (κ2) is 6.58. The Bertz CT molecular complexity index is 477. The summed E-state index contributed by atoms with van der Waals surface area (Å²) in [5.41, 5.74) is 3.80. The summed E-state index contributed by atoms with van der Waals surface area (Å²) >= 11 is 0. The molecular formula is C15H26N6. The van der Waals surface area contributed by atoms with E-state index in [0.29, 0.717) is 6.04 Å². The standard InChI is InChI=1S/C15H26N6/c1-2-4-13-14(17-10-18-15(13)20-16)19-11-6-8-21-7-3-5-12(21)9-11/h10-12H,2-9,16H2,1H3,(H2,17,18,19,20). The van der Waals surface area contributed by atoms with Crippen LogP contribution in [0.2, 0.25) is 0 Å². The van der Waals surface area contributed by atoms with Crippen molar-refractivity contribution in [3.05, 3.63) is 11.9 Å². The number of hydrogen-bond acceptors (Lipinski definition) is 6. The minimum absolute atomic E-state index is 0.514. The number of nitrogens with two attached hydrogens (primary N) is 1. The fraction of sp³-hybridized carbons (Fsp3) is 0.733. The zero-order chi connectivity index (χ0) is 14.7.